The highest BCUT2D eigenvalue weighted by atomic mass is 17.2. The van der Waals surface area contributed by atoms with Gasteiger partial charge in [-0.2, -0.15) is 10.1 Å². The number of nitrogens with zero attached hydrogens (tertiary/aromatic N) is 1. The Hall–Kier alpha value is -1.86. The molecule has 4 nitrogen and oxygen atoms in total. The second-order valence-electron chi connectivity index (χ2n) is 4.90. The average Bonchev–Trinajstić information content (AvgIpc) is 2.40. The molecule has 0 N–H and O–H groups in total. The lowest BCUT2D eigenvalue weighted by Crippen LogP contribution is -2.29. The van der Waals surface area contributed by atoms with Crippen molar-refractivity contribution in [1.29, 1.82) is 5.26 Å². The normalized spacial score (nSPS) is 13.6. The predicted octanol–water partition coefficient (Wildman–Crippen LogP) is 3.34. The first kappa shape index (κ1) is 15.2. The maximum Gasteiger partial charge on any atom is 0.339 e. The van der Waals surface area contributed by atoms with Gasteiger partial charge in [0.15, 0.2) is 0 Å². The van der Waals surface area contributed by atoms with Crippen LogP contribution >= 0.6 is 0 Å². The van der Waals surface area contributed by atoms with Gasteiger partial charge in [0.2, 0.25) is 5.60 Å². The van der Waals surface area contributed by atoms with Gasteiger partial charge in [-0.3, -0.25) is 4.89 Å². The molecule has 1 atom stereocenters. The summed E-state index contributed by atoms with van der Waals surface area (Å²) in [6.45, 7) is 5.38. The predicted molar refractivity (Wildman–Crippen MR) is 70.7 cm³/mol. The van der Waals surface area contributed by atoms with Gasteiger partial charge in [0, 0.05) is 12.5 Å². The highest BCUT2D eigenvalue weighted by molar-refractivity contribution is 5.65. The van der Waals surface area contributed by atoms with Crippen molar-refractivity contribution in [3.63, 3.8) is 0 Å². The van der Waals surface area contributed by atoms with Crippen LogP contribution in [0.5, 0.6) is 0 Å². The largest absolute Gasteiger partial charge is 0.339 e. The van der Waals surface area contributed by atoms with Crippen LogP contribution in [0.3, 0.4) is 0 Å². The molecule has 19 heavy (non-hydrogen) atoms. The van der Waals surface area contributed by atoms with E-state index in [-0.39, 0.29) is 0 Å². The summed E-state index contributed by atoms with van der Waals surface area (Å²) in [5.74, 6) is -0.141. The minimum atomic E-state index is -1.24. The van der Waals surface area contributed by atoms with Gasteiger partial charge < -0.3 is 0 Å². The number of hydrogen-bond donors (Lipinski definition) is 0. The van der Waals surface area contributed by atoms with Crippen LogP contribution in [-0.2, 0) is 20.2 Å². The van der Waals surface area contributed by atoms with Gasteiger partial charge in [0.05, 0.1) is 0 Å². The molecular weight excluding hydrogens is 242 g/mol. The lowest BCUT2D eigenvalue weighted by molar-refractivity contribution is -0.323. The van der Waals surface area contributed by atoms with Crippen LogP contribution in [0.2, 0.25) is 0 Å². The van der Waals surface area contributed by atoms with Crippen molar-refractivity contribution in [1.82, 2.24) is 0 Å². The second kappa shape index (κ2) is 6.91. The number of rotatable bonds is 6. The van der Waals surface area contributed by atoms with E-state index >= 15 is 0 Å². The van der Waals surface area contributed by atoms with E-state index in [1.807, 2.05) is 18.2 Å². The molecule has 102 valence electrons. The van der Waals surface area contributed by atoms with Gasteiger partial charge in [0.1, 0.15) is 6.07 Å². The van der Waals surface area contributed by atoms with Gasteiger partial charge in [-0.1, -0.05) is 44.2 Å². The summed E-state index contributed by atoms with van der Waals surface area (Å²) in [5, 5.41) is 9.49. The first-order valence-electron chi connectivity index (χ1n) is 6.33. The minimum absolute atomic E-state index is 0.428. The summed E-state index contributed by atoms with van der Waals surface area (Å²) in [4.78, 5) is 20.7. The summed E-state index contributed by atoms with van der Waals surface area (Å²) in [7, 11) is 0. The molecule has 4 heteroatoms. The molecule has 0 aromatic heterocycles. The molecule has 0 aliphatic carbocycles. The fourth-order valence-electron chi connectivity index (χ4n) is 1.70. The molecule has 0 saturated carbocycles. The minimum Gasteiger partial charge on any atom is -0.297 e. The molecule has 0 aliphatic heterocycles. The highest BCUT2D eigenvalue weighted by Gasteiger charge is 2.36. The second-order valence-corrected chi connectivity index (χ2v) is 4.90. The maximum atomic E-state index is 10.9. The van der Waals surface area contributed by atoms with E-state index in [9.17, 15) is 10.1 Å². The Kier molecular flexibility index (Phi) is 5.53. The molecule has 0 saturated heterocycles. The van der Waals surface area contributed by atoms with Gasteiger partial charge >= 0.3 is 5.97 Å². The molecule has 0 bridgehead atoms. The fourth-order valence-corrected chi connectivity index (χ4v) is 1.70. The van der Waals surface area contributed by atoms with Crippen molar-refractivity contribution in [2.45, 2.75) is 39.2 Å². The van der Waals surface area contributed by atoms with Crippen molar-refractivity contribution in [2.24, 2.45) is 5.92 Å². The Bertz CT molecular complexity index is 450. The van der Waals surface area contributed by atoms with Crippen LogP contribution in [-0.4, -0.2) is 5.97 Å². The quantitative estimate of drug-likeness (QED) is 0.582. The Labute approximate surface area is 113 Å². The van der Waals surface area contributed by atoms with E-state index in [4.69, 9.17) is 4.89 Å². The first-order chi connectivity index (χ1) is 9.00. The van der Waals surface area contributed by atoms with Crippen LogP contribution < -0.4 is 0 Å². The Morgan fingerprint density at radius 1 is 1.37 bits per heavy atom. The molecule has 1 aromatic carbocycles. The van der Waals surface area contributed by atoms with Crippen molar-refractivity contribution < 1.29 is 14.6 Å². The van der Waals surface area contributed by atoms with E-state index in [2.05, 4.69) is 24.8 Å². The molecule has 0 radical (unpaired) electrons. The third-order valence-corrected chi connectivity index (χ3v) is 2.80. The first-order valence-corrected chi connectivity index (χ1v) is 6.33. The van der Waals surface area contributed by atoms with E-state index in [0.29, 0.717) is 17.9 Å². The topological polar surface area (TPSA) is 59.3 Å². The molecule has 1 unspecified atom stereocenters. The molecule has 0 heterocycles. The third-order valence-electron chi connectivity index (χ3n) is 2.80. The molecule has 0 amide bonds. The number of nitriles is 1. The third kappa shape index (κ3) is 4.38. The Morgan fingerprint density at radius 3 is 2.47 bits per heavy atom. The number of carbonyl (C=O) groups is 1. The summed E-state index contributed by atoms with van der Waals surface area (Å²) in [5.41, 5.74) is -0.545. The van der Waals surface area contributed by atoms with Gasteiger partial charge in [-0.15, -0.1) is 0 Å². The number of hydrogen-bond acceptors (Lipinski definition) is 4. The molecular formula is C15H19NO3. The van der Waals surface area contributed by atoms with Crippen LogP contribution in [0.25, 0.3) is 0 Å². The van der Waals surface area contributed by atoms with E-state index in [1.54, 1.807) is 12.1 Å². The van der Waals surface area contributed by atoms with Gasteiger partial charge in [-0.25, -0.2) is 4.79 Å². The summed E-state index contributed by atoms with van der Waals surface area (Å²) >= 11 is 0. The molecule has 0 spiro atoms. The zero-order valence-corrected chi connectivity index (χ0v) is 11.6. The summed E-state index contributed by atoms with van der Waals surface area (Å²) < 4.78 is 0. The van der Waals surface area contributed by atoms with Crippen LogP contribution in [0, 0.1) is 17.2 Å². The van der Waals surface area contributed by atoms with Crippen LogP contribution in [0.1, 0.15) is 39.2 Å². The summed E-state index contributed by atoms with van der Waals surface area (Å²) in [6.07, 6.45) is 1.27. The van der Waals surface area contributed by atoms with Crippen molar-refractivity contribution in [3.05, 3.63) is 35.9 Å². The van der Waals surface area contributed by atoms with Crippen LogP contribution in [0.4, 0.5) is 0 Å². The highest BCUT2D eigenvalue weighted by Crippen LogP contribution is 2.32. The van der Waals surface area contributed by atoms with E-state index in [1.165, 1.54) is 6.92 Å². The maximum absolute atomic E-state index is 10.9. The van der Waals surface area contributed by atoms with Crippen molar-refractivity contribution in [2.75, 3.05) is 0 Å². The van der Waals surface area contributed by atoms with Gasteiger partial charge in [-0.05, 0) is 18.8 Å². The zero-order valence-electron chi connectivity index (χ0n) is 11.6. The SMILES string of the molecule is CC(=O)OOC(C#N)(CCC(C)C)c1ccccc1. The monoisotopic (exact) mass is 261 g/mol. The van der Waals surface area contributed by atoms with Crippen LogP contribution in [0.15, 0.2) is 30.3 Å². The van der Waals surface area contributed by atoms with Crippen molar-refractivity contribution >= 4 is 5.97 Å². The van der Waals surface area contributed by atoms with E-state index < -0.39 is 11.6 Å². The lowest BCUT2D eigenvalue weighted by Gasteiger charge is -2.25. The number of carbonyl (C=O) groups excluding carboxylic acids is 1. The summed E-state index contributed by atoms with van der Waals surface area (Å²) in [6, 6.07) is 11.3. The lowest BCUT2D eigenvalue weighted by atomic mass is 9.88. The van der Waals surface area contributed by atoms with E-state index in [0.717, 1.165) is 6.42 Å². The number of benzene rings is 1. The fraction of sp³-hybridized carbons (Fsp3) is 0.467. The van der Waals surface area contributed by atoms with Gasteiger partial charge in [0.25, 0.3) is 0 Å². The smallest absolute Gasteiger partial charge is 0.297 e. The Balaban J connectivity index is 3.00. The zero-order chi connectivity index (χ0) is 14.3. The average molecular weight is 261 g/mol. The molecule has 0 aliphatic rings. The molecule has 1 rings (SSSR count). The Morgan fingerprint density at radius 2 is 2.00 bits per heavy atom. The standard InChI is InChI=1S/C15H19NO3/c1-12(2)9-10-15(11-16,19-18-13(3)17)14-7-5-4-6-8-14/h4-8,12H,9-10H2,1-3H3. The molecule has 0 fully saturated rings. The molecule has 1 aromatic rings. The van der Waals surface area contributed by atoms with Crippen molar-refractivity contribution in [3.8, 4) is 6.07 Å².